The van der Waals surface area contributed by atoms with Crippen LogP contribution in [0.1, 0.15) is 23.0 Å². The maximum absolute atomic E-state index is 13.7. The molecule has 26 heavy (non-hydrogen) atoms. The van der Waals surface area contributed by atoms with E-state index in [1.165, 1.54) is 0 Å². The van der Waals surface area contributed by atoms with Gasteiger partial charge in [-0.3, -0.25) is 19.6 Å². The number of nitrogens with zero attached hydrogens (tertiary/aromatic N) is 4. The zero-order valence-corrected chi connectivity index (χ0v) is 14.5. The second-order valence-electron chi connectivity index (χ2n) is 6.88. The van der Waals surface area contributed by atoms with Crippen molar-refractivity contribution in [3.8, 4) is 0 Å². The minimum Gasteiger partial charge on any atom is -0.342 e. The Morgan fingerprint density at radius 3 is 2.65 bits per heavy atom. The fourth-order valence-corrected chi connectivity index (χ4v) is 3.88. The number of halogens is 1. The summed E-state index contributed by atoms with van der Waals surface area (Å²) in [6.45, 7) is 4.50. The van der Waals surface area contributed by atoms with Crippen LogP contribution < -0.4 is 10.5 Å². The van der Waals surface area contributed by atoms with Crippen LogP contribution in [0.4, 0.5) is 10.3 Å². The molecule has 136 valence electrons. The summed E-state index contributed by atoms with van der Waals surface area (Å²) in [7, 11) is 0. The number of rotatable bonds is 3. The van der Waals surface area contributed by atoms with Crippen molar-refractivity contribution in [2.45, 2.75) is 13.3 Å². The van der Waals surface area contributed by atoms with E-state index in [4.69, 9.17) is 0 Å². The Labute approximate surface area is 149 Å². The van der Waals surface area contributed by atoms with Crippen molar-refractivity contribution < 1.29 is 9.18 Å². The quantitative estimate of drug-likeness (QED) is 0.889. The van der Waals surface area contributed by atoms with E-state index in [-0.39, 0.29) is 11.6 Å². The molecule has 7 nitrogen and oxygen atoms in total. The van der Waals surface area contributed by atoms with Gasteiger partial charge in [-0.15, -0.1) is 0 Å². The van der Waals surface area contributed by atoms with Gasteiger partial charge in [0.2, 0.25) is 11.8 Å². The molecule has 2 aliphatic rings. The van der Waals surface area contributed by atoms with Crippen molar-refractivity contribution in [3.05, 3.63) is 52.0 Å². The van der Waals surface area contributed by atoms with Gasteiger partial charge in [0, 0.05) is 50.4 Å². The summed E-state index contributed by atoms with van der Waals surface area (Å²) in [6, 6.07) is 3.53. The zero-order chi connectivity index (χ0) is 18.3. The molecule has 4 rings (SSSR count). The lowest BCUT2D eigenvalue weighted by Gasteiger charge is -2.22. The third-order valence-corrected chi connectivity index (χ3v) is 5.24. The molecule has 0 aromatic carbocycles. The number of aryl methyl sites for hydroxylation is 1. The smallest absolute Gasteiger partial charge is 0.288 e. The lowest BCUT2D eigenvalue weighted by molar-refractivity contribution is 0.0782. The first kappa shape index (κ1) is 16.7. The van der Waals surface area contributed by atoms with Crippen LogP contribution in [0.3, 0.4) is 0 Å². The van der Waals surface area contributed by atoms with Gasteiger partial charge in [0.25, 0.3) is 11.5 Å². The van der Waals surface area contributed by atoms with Crippen molar-refractivity contribution in [3.63, 3.8) is 0 Å². The second-order valence-corrected chi connectivity index (χ2v) is 6.88. The monoisotopic (exact) mass is 357 g/mol. The minimum absolute atomic E-state index is 0.000586. The highest BCUT2D eigenvalue weighted by Gasteiger charge is 2.42. The Morgan fingerprint density at radius 1 is 1.31 bits per heavy atom. The number of aromatic amines is 1. The van der Waals surface area contributed by atoms with Gasteiger partial charge in [-0.25, -0.2) is 4.98 Å². The molecule has 2 fully saturated rings. The van der Waals surface area contributed by atoms with Gasteiger partial charge in [-0.05, 0) is 18.6 Å². The van der Waals surface area contributed by atoms with E-state index in [1.54, 1.807) is 31.5 Å². The number of anilines is 1. The average molecular weight is 357 g/mol. The molecular weight excluding hydrogens is 337 g/mol. The number of aromatic nitrogens is 3. The molecule has 1 N–H and O–H groups in total. The van der Waals surface area contributed by atoms with E-state index < -0.39 is 11.4 Å². The fraction of sp³-hybridized carbons (Fsp3) is 0.444. The Kier molecular flexibility index (Phi) is 4.18. The van der Waals surface area contributed by atoms with Crippen LogP contribution in [0, 0.1) is 17.7 Å². The number of fused-ring (bicyclic) bond motifs is 1. The van der Waals surface area contributed by atoms with Gasteiger partial charge >= 0.3 is 0 Å². The number of nitrogens with one attached hydrogen (secondary N) is 1. The molecule has 0 bridgehead atoms. The molecule has 0 spiro atoms. The average Bonchev–Trinajstić information content (AvgIpc) is 3.23. The number of pyridine rings is 1. The van der Waals surface area contributed by atoms with Crippen LogP contribution in [0.2, 0.25) is 0 Å². The van der Waals surface area contributed by atoms with Gasteiger partial charge in [-0.1, -0.05) is 6.92 Å². The molecular formula is C18H20FN5O2. The summed E-state index contributed by atoms with van der Waals surface area (Å²) >= 11 is 0. The van der Waals surface area contributed by atoms with Gasteiger partial charge < -0.3 is 9.80 Å². The van der Waals surface area contributed by atoms with Gasteiger partial charge in [0.05, 0.1) is 11.3 Å². The maximum Gasteiger partial charge on any atom is 0.288 e. The standard InChI is InChI=1S/C18H20FN5O2/c1-2-14-15(19)16(25)22-18(21-14)24-9-12-7-23(8-13(12)10-24)17(26)11-4-3-5-20-6-11/h3-6,12-13H,2,7-10H2,1H3,(H,21,22,25). The highest BCUT2D eigenvalue weighted by Crippen LogP contribution is 2.33. The number of amides is 1. The molecule has 0 saturated carbocycles. The first-order chi connectivity index (χ1) is 12.6. The Hall–Kier alpha value is -2.77. The molecule has 4 heterocycles. The van der Waals surface area contributed by atoms with E-state index in [0.29, 0.717) is 55.9 Å². The predicted octanol–water partition coefficient (Wildman–Crippen LogP) is 1.07. The van der Waals surface area contributed by atoms with E-state index >= 15 is 0 Å². The molecule has 2 atom stereocenters. The summed E-state index contributed by atoms with van der Waals surface area (Å²) < 4.78 is 13.7. The predicted molar refractivity (Wildman–Crippen MR) is 93.5 cm³/mol. The molecule has 2 aromatic rings. The number of carbonyl (C=O) groups excluding carboxylic acids is 1. The molecule has 2 aromatic heterocycles. The Morgan fingerprint density at radius 2 is 2.04 bits per heavy atom. The molecule has 1 amide bonds. The molecule has 2 saturated heterocycles. The van der Waals surface area contributed by atoms with Crippen LogP contribution in [0.5, 0.6) is 0 Å². The highest BCUT2D eigenvalue weighted by atomic mass is 19.1. The van der Waals surface area contributed by atoms with Gasteiger partial charge in [0.15, 0.2) is 0 Å². The lowest BCUT2D eigenvalue weighted by atomic mass is 10.0. The number of carbonyl (C=O) groups is 1. The first-order valence-electron chi connectivity index (χ1n) is 8.79. The molecule has 0 aliphatic carbocycles. The van der Waals surface area contributed by atoms with Crippen LogP contribution in [0.25, 0.3) is 0 Å². The van der Waals surface area contributed by atoms with E-state index in [0.717, 1.165) is 0 Å². The fourth-order valence-electron chi connectivity index (χ4n) is 3.88. The number of likely N-dealkylation sites (tertiary alicyclic amines) is 1. The second kappa shape index (κ2) is 6.51. The third-order valence-electron chi connectivity index (χ3n) is 5.24. The lowest BCUT2D eigenvalue weighted by Crippen LogP contribution is -2.34. The number of hydrogen-bond acceptors (Lipinski definition) is 5. The molecule has 0 radical (unpaired) electrons. The largest absolute Gasteiger partial charge is 0.342 e. The van der Waals surface area contributed by atoms with Crippen LogP contribution >= 0.6 is 0 Å². The van der Waals surface area contributed by atoms with Crippen LogP contribution in [-0.4, -0.2) is 51.9 Å². The zero-order valence-electron chi connectivity index (χ0n) is 14.5. The Bertz CT molecular complexity index is 871. The first-order valence-corrected chi connectivity index (χ1v) is 8.79. The van der Waals surface area contributed by atoms with Crippen LogP contribution in [-0.2, 0) is 6.42 Å². The third kappa shape index (κ3) is 2.85. The molecule has 8 heteroatoms. The number of hydrogen-bond donors (Lipinski definition) is 1. The maximum atomic E-state index is 13.7. The summed E-state index contributed by atoms with van der Waals surface area (Å²) in [4.78, 5) is 39.0. The van der Waals surface area contributed by atoms with E-state index in [2.05, 4.69) is 15.0 Å². The van der Waals surface area contributed by atoms with Crippen molar-refractivity contribution >= 4 is 11.9 Å². The summed E-state index contributed by atoms with van der Waals surface area (Å²) in [5.41, 5.74) is 0.0629. The molecule has 2 aliphatic heterocycles. The summed E-state index contributed by atoms with van der Waals surface area (Å²) in [5.74, 6) is 0.254. The number of H-pyrrole nitrogens is 1. The highest BCUT2D eigenvalue weighted by molar-refractivity contribution is 5.94. The van der Waals surface area contributed by atoms with E-state index in [1.807, 2.05) is 9.80 Å². The normalized spacial score (nSPS) is 21.9. The van der Waals surface area contributed by atoms with Crippen molar-refractivity contribution in [1.29, 1.82) is 0 Å². The van der Waals surface area contributed by atoms with Crippen molar-refractivity contribution in [1.82, 2.24) is 19.9 Å². The van der Waals surface area contributed by atoms with Crippen molar-refractivity contribution in [2.24, 2.45) is 11.8 Å². The Balaban J connectivity index is 1.46. The SMILES string of the molecule is CCc1nc(N2CC3CN(C(=O)c4cccnc4)CC3C2)[nH]c(=O)c1F. The van der Waals surface area contributed by atoms with Crippen LogP contribution in [0.15, 0.2) is 29.3 Å². The van der Waals surface area contributed by atoms with E-state index in [9.17, 15) is 14.0 Å². The summed E-state index contributed by atoms with van der Waals surface area (Å²) in [6.07, 6.45) is 3.60. The minimum atomic E-state index is -0.802. The summed E-state index contributed by atoms with van der Waals surface area (Å²) in [5, 5.41) is 0. The van der Waals surface area contributed by atoms with Gasteiger partial charge in [-0.2, -0.15) is 4.39 Å². The topological polar surface area (TPSA) is 82.2 Å². The van der Waals surface area contributed by atoms with Crippen molar-refractivity contribution in [2.75, 3.05) is 31.1 Å². The van der Waals surface area contributed by atoms with Gasteiger partial charge in [0.1, 0.15) is 0 Å². The molecule has 2 unspecified atom stereocenters.